The van der Waals surface area contributed by atoms with Crippen molar-refractivity contribution in [2.75, 3.05) is 6.26 Å². The van der Waals surface area contributed by atoms with Crippen LogP contribution in [0.15, 0.2) is 18.5 Å². The summed E-state index contributed by atoms with van der Waals surface area (Å²) in [5.74, 6) is -0.938. The first-order valence-electron chi connectivity index (χ1n) is 4.93. The lowest BCUT2D eigenvalue weighted by Gasteiger charge is -2.24. The molecule has 0 saturated carbocycles. The minimum atomic E-state index is -3.64. The van der Waals surface area contributed by atoms with E-state index >= 15 is 0 Å². The fraction of sp³-hybridized carbons (Fsp3) is 0.556. The first kappa shape index (κ1) is 13.7. The lowest BCUT2D eigenvalue weighted by molar-refractivity contribution is -0.131. The van der Waals surface area contributed by atoms with Gasteiger partial charge in [0.15, 0.2) is 14.6 Å². The van der Waals surface area contributed by atoms with Crippen molar-refractivity contribution in [1.29, 1.82) is 0 Å². The molecular weight excluding hydrogens is 246 g/mol. The van der Waals surface area contributed by atoms with Crippen molar-refractivity contribution in [3.8, 4) is 0 Å². The van der Waals surface area contributed by atoms with Crippen LogP contribution >= 0.6 is 0 Å². The summed E-state index contributed by atoms with van der Waals surface area (Å²) in [5, 5.41) is 12.5. The third-order valence-electron chi connectivity index (χ3n) is 2.78. The molecule has 1 rings (SSSR count). The molecule has 0 saturated heterocycles. The minimum Gasteiger partial charge on any atom is -0.289 e. The largest absolute Gasteiger partial charge is 0.289 e. The Balaban J connectivity index is 2.89. The zero-order chi connectivity index (χ0) is 13.1. The van der Waals surface area contributed by atoms with Crippen LogP contribution in [-0.2, 0) is 21.2 Å². The molecule has 0 aliphatic rings. The monoisotopic (exact) mass is 261 g/mol. The van der Waals surface area contributed by atoms with E-state index in [1.807, 2.05) is 0 Å². The number of carbonyl (C=O) groups excluding carboxylic acids is 1. The van der Waals surface area contributed by atoms with Gasteiger partial charge < -0.3 is 0 Å². The lowest BCUT2D eigenvalue weighted by atomic mass is 10.1. The Morgan fingerprint density at radius 1 is 1.59 bits per heavy atom. The third kappa shape index (κ3) is 2.83. The number of hydrogen-bond acceptors (Lipinski definition) is 5. The molecule has 1 aromatic heterocycles. The van der Waals surface area contributed by atoms with Gasteiger partial charge in [-0.05, 0) is 19.4 Å². The second-order valence-corrected chi connectivity index (χ2v) is 6.41. The van der Waals surface area contributed by atoms with Crippen LogP contribution in [0.1, 0.15) is 13.3 Å². The molecule has 0 radical (unpaired) electrons. The number of amides is 1. The fourth-order valence-corrected chi connectivity index (χ4v) is 2.19. The van der Waals surface area contributed by atoms with E-state index in [4.69, 9.17) is 5.21 Å². The molecule has 1 amide bonds. The standard InChI is InChI=1S/C9H15N3O4S/c1-9(8(13)11-14,17(2,15)16)4-7-12-6-3-5-10-12/h3,5-6,14H,4,7H2,1-2H3,(H,11,13). The molecule has 0 aliphatic heterocycles. The molecule has 1 aromatic rings. The number of aryl methyl sites for hydroxylation is 1. The van der Waals surface area contributed by atoms with Crippen LogP contribution in [0.4, 0.5) is 0 Å². The highest BCUT2D eigenvalue weighted by Gasteiger charge is 2.43. The van der Waals surface area contributed by atoms with E-state index in [1.165, 1.54) is 17.1 Å². The second kappa shape index (κ2) is 4.84. The molecule has 0 bridgehead atoms. The van der Waals surface area contributed by atoms with E-state index in [-0.39, 0.29) is 13.0 Å². The quantitative estimate of drug-likeness (QED) is 0.554. The summed E-state index contributed by atoms with van der Waals surface area (Å²) in [6.45, 7) is 1.54. The Morgan fingerprint density at radius 2 is 2.24 bits per heavy atom. The molecule has 1 atom stereocenters. The molecule has 0 fully saturated rings. The zero-order valence-corrected chi connectivity index (χ0v) is 10.4. The average molecular weight is 261 g/mol. The molecular formula is C9H15N3O4S. The Labute approximate surface area is 99.3 Å². The van der Waals surface area contributed by atoms with Crippen molar-refractivity contribution in [2.45, 2.75) is 24.6 Å². The summed E-state index contributed by atoms with van der Waals surface area (Å²) in [5.41, 5.74) is 1.39. The summed E-state index contributed by atoms with van der Waals surface area (Å²) < 4.78 is 23.1. The van der Waals surface area contributed by atoms with Crippen molar-refractivity contribution < 1.29 is 18.4 Å². The number of aromatic nitrogens is 2. The SMILES string of the molecule is CC(CCn1cccn1)(C(=O)NO)S(C)(=O)=O. The van der Waals surface area contributed by atoms with Gasteiger partial charge in [0.2, 0.25) is 0 Å². The van der Waals surface area contributed by atoms with Crippen LogP contribution in [0.2, 0.25) is 0 Å². The Kier molecular flexibility index (Phi) is 3.89. The highest BCUT2D eigenvalue weighted by molar-refractivity contribution is 7.92. The van der Waals surface area contributed by atoms with Crippen LogP contribution in [-0.4, -0.2) is 40.3 Å². The number of nitrogens with one attached hydrogen (secondary N) is 1. The predicted octanol–water partition coefficient (Wildman–Crippen LogP) is -0.418. The number of hydroxylamine groups is 1. The van der Waals surface area contributed by atoms with Gasteiger partial charge in [-0.1, -0.05) is 0 Å². The Morgan fingerprint density at radius 3 is 2.65 bits per heavy atom. The maximum Gasteiger partial charge on any atom is 0.264 e. The van der Waals surface area contributed by atoms with Gasteiger partial charge in [-0.2, -0.15) is 5.10 Å². The molecule has 8 heteroatoms. The number of rotatable bonds is 5. The van der Waals surface area contributed by atoms with Crippen molar-refractivity contribution >= 4 is 15.7 Å². The summed E-state index contributed by atoms with van der Waals surface area (Å²) in [7, 11) is -3.64. The molecule has 1 unspecified atom stereocenters. The number of hydrogen-bond donors (Lipinski definition) is 2. The van der Waals surface area contributed by atoms with Crippen LogP contribution in [0.5, 0.6) is 0 Å². The van der Waals surface area contributed by atoms with Gasteiger partial charge in [0, 0.05) is 25.2 Å². The highest BCUT2D eigenvalue weighted by atomic mass is 32.2. The second-order valence-electron chi connectivity index (χ2n) is 3.96. The van der Waals surface area contributed by atoms with Crippen molar-refractivity contribution in [2.24, 2.45) is 0 Å². The molecule has 96 valence electrons. The first-order valence-corrected chi connectivity index (χ1v) is 6.82. The number of sulfone groups is 1. The summed E-state index contributed by atoms with van der Waals surface area (Å²) >= 11 is 0. The van der Waals surface area contributed by atoms with E-state index < -0.39 is 20.5 Å². The van der Waals surface area contributed by atoms with E-state index in [9.17, 15) is 13.2 Å². The van der Waals surface area contributed by atoms with Crippen molar-refractivity contribution in [3.05, 3.63) is 18.5 Å². The Bertz CT molecular complexity index is 482. The van der Waals surface area contributed by atoms with Gasteiger partial charge in [0.05, 0.1) is 0 Å². The first-order chi connectivity index (χ1) is 7.81. The van der Waals surface area contributed by atoms with Gasteiger partial charge >= 0.3 is 0 Å². The highest BCUT2D eigenvalue weighted by Crippen LogP contribution is 2.21. The normalized spacial score (nSPS) is 15.2. The fourth-order valence-electron chi connectivity index (χ4n) is 1.35. The third-order valence-corrected chi connectivity index (χ3v) is 4.80. The van der Waals surface area contributed by atoms with E-state index in [1.54, 1.807) is 18.5 Å². The van der Waals surface area contributed by atoms with E-state index in [0.717, 1.165) is 6.26 Å². The topological polar surface area (TPSA) is 101 Å². The summed E-state index contributed by atoms with van der Waals surface area (Å²) in [6, 6.07) is 1.70. The van der Waals surface area contributed by atoms with Crippen molar-refractivity contribution in [3.63, 3.8) is 0 Å². The van der Waals surface area contributed by atoms with Gasteiger partial charge in [0.1, 0.15) is 0 Å². The molecule has 0 spiro atoms. The van der Waals surface area contributed by atoms with Crippen molar-refractivity contribution in [1.82, 2.24) is 15.3 Å². The zero-order valence-electron chi connectivity index (χ0n) is 9.62. The van der Waals surface area contributed by atoms with E-state index in [0.29, 0.717) is 0 Å². The minimum absolute atomic E-state index is 0.0277. The van der Waals surface area contributed by atoms with E-state index in [2.05, 4.69) is 5.10 Å². The molecule has 17 heavy (non-hydrogen) atoms. The van der Waals surface area contributed by atoms with Gasteiger partial charge in [0.25, 0.3) is 5.91 Å². The van der Waals surface area contributed by atoms with Crippen LogP contribution < -0.4 is 5.48 Å². The van der Waals surface area contributed by atoms with Gasteiger partial charge in [-0.25, -0.2) is 13.9 Å². The van der Waals surface area contributed by atoms with Gasteiger partial charge in [-0.15, -0.1) is 0 Å². The maximum absolute atomic E-state index is 11.6. The molecule has 0 aliphatic carbocycles. The van der Waals surface area contributed by atoms with Gasteiger partial charge in [-0.3, -0.25) is 14.7 Å². The van der Waals surface area contributed by atoms with Crippen LogP contribution in [0, 0.1) is 0 Å². The summed E-state index contributed by atoms with van der Waals surface area (Å²) in [6.07, 6.45) is 4.22. The molecule has 2 N–H and O–H groups in total. The van der Waals surface area contributed by atoms with Crippen LogP contribution in [0.25, 0.3) is 0 Å². The molecule has 7 nitrogen and oxygen atoms in total. The lowest BCUT2D eigenvalue weighted by Crippen LogP contribution is -2.49. The maximum atomic E-state index is 11.6. The Hall–Kier alpha value is -1.41. The number of nitrogens with zero attached hydrogens (tertiary/aromatic N) is 2. The molecule has 0 aromatic carbocycles. The predicted molar refractivity (Wildman–Crippen MR) is 60.0 cm³/mol. The average Bonchev–Trinajstić information content (AvgIpc) is 2.75. The van der Waals surface area contributed by atoms with Crippen LogP contribution in [0.3, 0.4) is 0 Å². The number of carbonyl (C=O) groups is 1. The molecule has 1 heterocycles. The smallest absolute Gasteiger partial charge is 0.264 e. The summed E-state index contributed by atoms with van der Waals surface area (Å²) in [4.78, 5) is 11.5.